The van der Waals surface area contributed by atoms with Crippen LogP contribution in [0.5, 0.6) is 0 Å². The summed E-state index contributed by atoms with van der Waals surface area (Å²) in [5, 5.41) is 14.8. The van der Waals surface area contributed by atoms with Crippen LogP contribution in [0, 0.1) is 11.3 Å². The van der Waals surface area contributed by atoms with Crippen LogP contribution in [0.15, 0.2) is 46.9 Å². The number of anilines is 2. The lowest BCUT2D eigenvalue weighted by molar-refractivity contribution is 0.262. The second-order valence-electron chi connectivity index (χ2n) is 3.89. The lowest BCUT2D eigenvalue weighted by Gasteiger charge is -2.09. The van der Waals surface area contributed by atoms with E-state index >= 15 is 0 Å². The van der Waals surface area contributed by atoms with Gasteiger partial charge in [-0.25, -0.2) is 4.79 Å². The summed E-state index contributed by atoms with van der Waals surface area (Å²) in [4.78, 5) is 11.9. The maximum atomic E-state index is 11.9. The molecular formula is C14H9BrClN3O. The highest BCUT2D eigenvalue weighted by atomic mass is 79.9. The molecule has 0 fully saturated rings. The molecule has 0 heterocycles. The summed E-state index contributed by atoms with van der Waals surface area (Å²) in [5.74, 6) is 0. The largest absolute Gasteiger partial charge is 0.323 e. The molecule has 2 aromatic rings. The first-order valence-electron chi connectivity index (χ1n) is 5.62. The van der Waals surface area contributed by atoms with Gasteiger partial charge in [0.2, 0.25) is 0 Å². The molecule has 2 aromatic carbocycles. The van der Waals surface area contributed by atoms with Crippen LogP contribution in [0.25, 0.3) is 0 Å². The van der Waals surface area contributed by atoms with Crippen molar-refractivity contribution in [1.29, 1.82) is 5.26 Å². The minimum atomic E-state index is -0.443. The minimum absolute atomic E-state index is 0.384. The first-order chi connectivity index (χ1) is 9.58. The highest BCUT2D eigenvalue weighted by Gasteiger charge is 2.07. The summed E-state index contributed by atoms with van der Waals surface area (Å²) in [6, 6.07) is 13.4. The number of amides is 2. The fraction of sp³-hybridized carbons (Fsp3) is 0. The van der Waals surface area contributed by atoms with Gasteiger partial charge in [0, 0.05) is 15.2 Å². The predicted molar refractivity (Wildman–Crippen MR) is 83.0 cm³/mol. The number of rotatable bonds is 2. The van der Waals surface area contributed by atoms with Gasteiger partial charge in [-0.2, -0.15) is 5.26 Å². The van der Waals surface area contributed by atoms with E-state index in [1.54, 1.807) is 42.5 Å². The molecule has 2 N–H and O–H groups in total. The van der Waals surface area contributed by atoms with Crippen LogP contribution in [0.2, 0.25) is 5.02 Å². The summed E-state index contributed by atoms with van der Waals surface area (Å²) in [6.07, 6.45) is 0. The van der Waals surface area contributed by atoms with Crippen LogP contribution in [0.4, 0.5) is 16.2 Å². The van der Waals surface area contributed by atoms with Crippen molar-refractivity contribution in [2.45, 2.75) is 0 Å². The molecular weight excluding hydrogens is 342 g/mol. The number of nitriles is 1. The SMILES string of the molecule is N#Cc1ccc(Br)cc1NC(=O)Nc1cccc(Cl)c1. The zero-order valence-corrected chi connectivity index (χ0v) is 12.5. The molecule has 0 aliphatic heterocycles. The van der Waals surface area contributed by atoms with E-state index in [1.807, 2.05) is 6.07 Å². The van der Waals surface area contributed by atoms with E-state index in [1.165, 1.54) is 0 Å². The number of carbonyl (C=O) groups excluding carboxylic acids is 1. The fourth-order valence-corrected chi connectivity index (χ4v) is 2.12. The van der Waals surface area contributed by atoms with Gasteiger partial charge >= 0.3 is 6.03 Å². The molecule has 2 amide bonds. The third-order valence-electron chi connectivity index (χ3n) is 2.43. The summed E-state index contributed by atoms with van der Waals surface area (Å²) in [6.45, 7) is 0. The molecule has 0 aliphatic rings. The Balaban J connectivity index is 2.13. The molecule has 0 saturated heterocycles. The van der Waals surface area contributed by atoms with Gasteiger partial charge in [-0.15, -0.1) is 0 Å². The van der Waals surface area contributed by atoms with E-state index in [-0.39, 0.29) is 0 Å². The van der Waals surface area contributed by atoms with Crippen LogP contribution in [0.1, 0.15) is 5.56 Å². The normalized spacial score (nSPS) is 9.65. The summed E-state index contributed by atoms with van der Waals surface area (Å²) < 4.78 is 0.773. The molecule has 0 atom stereocenters. The number of urea groups is 1. The monoisotopic (exact) mass is 349 g/mol. The standard InChI is InChI=1S/C14H9BrClN3O/c15-10-5-4-9(8-17)13(6-10)19-14(20)18-12-3-1-2-11(16)7-12/h1-7H,(H2,18,19,20). The van der Waals surface area contributed by atoms with Crippen molar-refractivity contribution in [3.63, 3.8) is 0 Å². The van der Waals surface area contributed by atoms with Crippen LogP contribution < -0.4 is 10.6 Å². The average Bonchev–Trinajstić information content (AvgIpc) is 2.38. The van der Waals surface area contributed by atoms with Gasteiger partial charge in [-0.05, 0) is 36.4 Å². The van der Waals surface area contributed by atoms with Crippen LogP contribution >= 0.6 is 27.5 Å². The number of nitrogens with one attached hydrogen (secondary N) is 2. The van der Waals surface area contributed by atoms with Crippen molar-refractivity contribution in [1.82, 2.24) is 0 Å². The van der Waals surface area contributed by atoms with Crippen LogP contribution in [0.3, 0.4) is 0 Å². The third kappa shape index (κ3) is 3.73. The second kappa shape index (κ2) is 6.42. The Bertz CT molecular complexity index is 697. The first-order valence-corrected chi connectivity index (χ1v) is 6.79. The van der Waals surface area contributed by atoms with E-state index in [0.717, 1.165) is 4.47 Å². The Hall–Kier alpha value is -2.03. The maximum absolute atomic E-state index is 11.9. The number of halogens is 2. The highest BCUT2D eigenvalue weighted by molar-refractivity contribution is 9.10. The van der Waals surface area contributed by atoms with Crippen molar-refractivity contribution >= 4 is 44.9 Å². The van der Waals surface area contributed by atoms with E-state index in [4.69, 9.17) is 16.9 Å². The molecule has 0 aliphatic carbocycles. The predicted octanol–water partition coefficient (Wildman–Crippen LogP) is 4.62. The summed E-state index contributed by atoms with van der Waals surface area (Å²) in [7, 11) is 0. The fourth-order valence-electron chi connectivity index (χ4n) is 1.57. The smallest absolute Gasteiger partial charge is 0.308 e. The topological polar surface area (TPSA) is 64.9 Å². The van der Waals surface area contributed by atoms with Crippen molar-refractivity contribution in [2.24, 2.45) is 0 Å². The molecule has 6 heteroatoms. The first kappa shape index (κ1) is 14.4. The van der Waals surface area contributed by atoms with Gasteiger partial charge in [0.05, 0.1) is 11.3 Å². The minimum Gasteiger partial charge on any atom is -0.308 e. The van der Waals surface area contributed by atoms with Crippen molar-refractivity contribution < 1.29 is 4.79 Å². The summed E-state index contributed by atoms with van der Waals surface area (Å²) >= 11 is 9.13. The quantitative estimate of drug-likeness (QED) is 0.830. The molecule has 0 unspecified atom stereocenters. The zero-order valence-electron chi connectivity index (χ0n) is 10.2. The summed E-state index contributed by atoms with van der Waals surface area (Å²) in [5.41, 5.74) is 1.39. The molecule has 0 aromatic heterocycles. The van der Waals surface area contributed by atoms with Gasteiger partial charge in [-0.3, -0.25) is 0 Å². The molecule has 0 saturated carbocycles. The lowest BCUT2D eigenvalue weighted by atomic mass is 10.2. The van der Waals surface area contributed by atoms with Gasteiger partial charge in [0.15, 0.2) is 0 Å². The maximum Gasteiger partial charge on any atom is 0.323 e. The van der Waals surface area contributed by atoms with Gasteiger partial charge in [0.25, 0.3) is 0 Å². The van der Waals surface area contributed by atoms with Gasteiger partial charge < -0.3 is 10.6 Å². The van der Waals surface area contributed by atoms with E-state index < -0.39 is 6.03 Å². The Labute approximate surface area is 129 Å². The third-order valence-corrected chi connectivity index (χ3v) is 3.16. The lowest BCUT2D eigenvalue weighted by Crippen LogP contribution is -2.20. The van der Waals surface area contributed by atoms with Gasteiger partial charge in [0.1, 0.15) is 6.07 Å². The van der Waals surface area contributed by atoms with E-state index in [0.29, 0.717) is 22.0 Å². The van der Waals surface area contributed by atoms with Crippen molar-refractivity contribution in [2.75, 3.05) is 10.6 Å². The molecule has 4 nitrogen and oxygen atoms in total. The average molecular weight is 351 g/mol. The Morgan fingerprint density at radius 1 is 1.20 bits per heavy atom. The molecule has 20 heavy (non-hydrogen) atoms. The van der Waals surface area contributed by atoms with Crippen LogP contribution in [-0.2, 0) is 0 Å². The second-order valence-corrected chi connectivity index (χ2v) is 5.24. The molecule has 100 valence electrons. The Kier molecular flexibility index (Phi) is 4.61. The van der Waals surface area contributed by atoms with Gasteiger partial charge in [-0.1, -0.05) is 33.6 Å². The number of hydrogen-bond donors (Lipinski definition) is 2. The number of hydrogen-bond acceptors (Lipinski definition) is 2. The van der Waals surface area contributed by atoms with Crippen molar-refractivity contribution in [3.8, 4) is 6.07 Å². The van der Waals surface area contributed by atoms with Crippen LogP contribution in [-0.4, -0.2) is 6.03 Å². The number of benzene rings is 2. The molecule has 0 bridgehead atoms. The number of carbonyl (C=O) groups is 1. The Morgan fingerprint density at radius 3 is 2.70 bits per heavy atom. The molecule has 0 spiro atoms. The zero-order chi connectivity index (χ0) is 14.5. The number of nitrogens with zero attached hydrogens (tertiary/aromatic N) is 1. The van der Waals surface area contributed by atoms with E-state index in [2.05, 4.69) is 26.6 Å². The molecule has 0 radical (unpaired) electrons. The van der Waals surface area contributed by atoms with E-state index in [9.17, 15) is 4.79 Å². The molecule has 2 rings (SSSR count). The Morgan fingerprint density at radius 2 is 2.00 bits per heavy atom. The highest BCUT2D eigenvalue weighted by Crippen LogP contribution is 2.21. The van der Waals surface area contributed by atoms with Crippen molar-refractivity contribution in [3.05, 3.63) is 57.5 Å².